The van der Waals surface area contributed by atoms with E-state index in [0.717, 1.165) is 23.9 Å². The fourth-order valence-electron chi connectivity index (χ4n) is 2.63. The maximum atomic E-state index is 6.16. The Labute approximate surface area is 106 Å². The normalized spacial score (nSPS) is 20.9. The Morgan fingerprint density at radius 1 is 1.35 bits per heavy atom. The summed E-state index contributed by atoms with van der Waals surface area (Å²) in [6.45, 7) is 1.14. The van der Waals surface area contributed by atoms with E-state index in [-0.39, 0.29) is 0 Å². The summed E-state index contributed by atoms with van der Waals surface area (Å²) in [4.78, 5) is 0. The van der Waals surface area contributed by atoms with Gasteiger partial charge in [0, 0.05) is 11.4 Å². The number of halogens is 1. The number of aromatic nitrogens is 2. The van der Waals surface area contributed by atoms with E-state index in [1.807, 2.05) is 6.07 Å². The van der Waals surface area contributed by atoms with Crippen LogP contribution in [0.3, 0.4) is 0 Å². The summed E-state index contributed by atoms with van der Waals surface area (Å²) < 4.78 is 0. The summed E-state index contributed by atoms with van der Waals surface area (Å²) in [5.74, 6) is 0. The van der Waals surface area contributed by atoms with Gasteiger partial charge in [-0.3, -0.25) is 5.10 Å². The van der Waals surface area contributed by atoms with Gasteiger partial charge in [0.05, 0.1) is 5.52 Å². The van der Waals surface area contributed by atoms with Crippen LogP contribution >= 0.6 is 11.6 Å². The van der Waals surface area contributed by atoms with E-state index in [9.17, 15) is 0 Å². The minimum atomic E-state index is 0.584. The van der Waals surface area contributed by atoms with Crippen LogP contribution < -0.4 is 5.32 Å². The fraction of sp³-hybridized carbons (Fsp3) is 0.462. The molecular formula is C13H16ClN3. The molecule has 0 radical (unpaired) electrons. The SMILES string of the molecule is Clc1[nH]nc2cccc(CC3CCCCN3)c12. The monoisotopic (exact) mass is 249 g/mol. The summed E-state index contributed by atoms with van der Waals surface area (Å²) in [6, 6.07) is 6.79. The van der Waals surface area contributed by atoms with Crippen LogP contribution in [0.5, 0.6) is 0 Å². The molecule has 4 heteroatoms. The summed E-state index contributed by atoms with van der Waals surface area (Å²) in [7, 11) is 0. The Balaban J connectivity index is 1.91. The van der Waals surface area contributed by atoms with Crippen LogP contribution in [-0.4, -0.2) is 22.8 Å². The standard InChI is InChI=1S/C13H16ClN3/c14-13-12-9(4-3-6-11(12)16-17-13)8-10-5-1-2-7-15-10/h3-4,6,10,15H,1-2,5,7-8H2,(H,16,17). The van der Waals surface area contributed by atoms with Crippen LogP contribution in [0.4, 0.5) is 0 Å². The number of nitrogens with one attached hydrogen (secondary N) is 2. The molecule has 1 aromatic carbocycles. The number of benzene rings is 1. The number of piperidine rings is 1. The second kappa shape index (κ2) is 4.67. The molecule has 1 aromatic heterocycles. The molecule has 0 bridgehead atoms. The highest BCUT2D eigenvalue weighted by molar-refractivity contribution is 6.34. The molecule has 90 valence electrons. The molecule has 2 heterocycles. The lowest BCUT2D eigenvalue weighted by Crippen LogP contribution is -2.35. The second-order valence-corrected chi connectivity index (χ2v) is 5.08. The van der Waals surface area contributed by atoms with Gasteiger partial charge in [0.2, 0.25) is 0 Å². The molecule has 0 amide bonds. The first-order chi connectivity index (χ1) is 8.34. The number of fused-ring (bicyclic) bond motifs is 1. The number of nitrogens with zero attached hydrogens (tertiary/aromatic N) is 1. The molecule has 0 spiro atoms. The quantitative estimate of drug-likeness (QED) is 0.859. The minimum Gasteiger partial charge on any atom is -0.314 e. The molecule has 0 saturated carbocycles. The fourth-order valence-corrected chi connectivity index (χ4v) is 2.89. The average Bonchev–Trinajstić information content (AvgIpc) is 2.74. The number of hydrogen-bond acceptors (Lipinski definition) is 2. The molecule has 2 aromatic rings. The molecule has 3 rings (SSSR count). The van der Waals surface area contributed by atoms with Crippen LogP contribution in [0.2, 0.25) is 5.15 Å². The number of hydrogen-bond donors (Lipinski definition) is 2. The van der Waals surface area contributed by atoms with Crippen molar-refractivity contribution in [1.82, 2.24) is 15.5 Å². The van der Waals surface area contributed by atoms with E-state index < -0.39 is 0 Å². The topological polar surface area (TPSA) is 40.7 Å². The summed E-state index contributed by atoms with van der Waals surface area (Å²) in [5, 5.41) is 12.4. The van der Waals surface area contributed by atoms with Crippen LogP contribution in [0, 0.1) is 0 Å². The molecule has 17 heavy (non-hydrogen) atoms. The molecule has 3 nitrogen and oxygen atoms in total. The van der Waals surface area contributed by atoms with Gasteiger partial charge in [0.15, 0.2) is 0 Å². The molecule has 1 aliphatic rings. The molecular weight excluding hydrogens is 234 g/mol. The van der Waals surface area contributed by atoms with Crippen molar-refractivity contribution in [1.29, 1.82) is 0 Å². The Morgan fingerprint density at radius 3 is 3.12 bits per heavy atom. The van der Waals surface area contributed by atoms with E-state index in [1.165, 1.54) is 24.8 Å². The zero-order valence-corrected chi connectivity index (χ0v) is 10.4. The van der Waals surface area contributed by atoms with Crippen molar-refractivity contribution in [2.45, 2.75) is 31.7 Å². The lowest BCUT2D eigenvalue weighted by Gasteiger charge is -2.23. The van der Waals surface area contributed by atoms with Crippen molar-refractivity contribution in [2.24, 2.45) is 0 Å². The first-order valence-corrected chi connectivity index (χ1v) is 6.57. The van der Waals surface area contributed by atoms with Gasteiger partial charge in [-0.1, -0.05) is 30.2 Å². The zero-order chi connectivity index (χ0) is 11.7. The van der Waals surface area contributed by atoms with Gasteiger partial charge in [-0.05, 0) is 37.4 Å². The van der Waals surface area contributed by atoms with Gasteiger partial charge < -0.3 is 5.32 Å². The summed E-state index contributed by atoms with van der Waals surface area (Å²) in [6.07, 6.45) is 4.92. The van der Waals surface area contributed by atoms with Gasteiger partial charge in [0.1, 0.15) is 5.15 Å². The third-order valence-corrected chi connectivity index (χ3v) is 3.77. The third-order valence-electron chi connectivity index (χ3n) is 3.50. The molecule has 1 aliphatic heterocycles. The van der Waals surface area contributed by atoms with Crippen LogP contribution in [0.15, 0.2) is 18.2 Å². The average molecular weight is 250 g/mol. The number of rotatable bonds is 2. The first kappa shape index (κ1) is 11.1. The van der Waals surface area contributed by atoms with Gasteiger partial charge >= 0.3 is 0 Å². The molecule has 2 N–H and O–H groups in total. The van der Waals surface area contributed by atoms with Gasteiger partial charge in [-0.15, -0.1) is 0 Å². The molecule has 1 atom stereocenters. The highest BCUT2D eigenvalue weighted by Crippen LogP contribution is 2.26. The van der Waals surface area contributed by atoms with Crippen LogP contribution in [0.25, 0.3) is 10.9 Å². The summed E-state index contributed by atoms with van der Waals surface area (Å²) in [5.41, 5.74) is 2.25. The molecule has 0 aliphatic carbocycles. The Morgan fingerprint density at radius 2 is 2.29 bits per heavy atom. The molecule has 1 unspecified atom stereocenters. The minimum absolute atomic E-state index is 0.584. The first-order valence-electron chi connectivity index (χ1n) is 6.19. The lowest BCUT2D eigenvalue weighted by atomic mass is 9.96. The Kier molecular flexibility index (Phi) is 3.04. The summed E-state index contributed by atoms with van der Waals surface area (Å²) >= 11 is 6.16. The van der Waals surface area contributed by atoms with E-state index in [2.05, 4.69) is 27.6 Å². The predicted molar refractivity (Wildman–Crippen MR) is 70.4 cm³/mol. The Hall–Kier alpha value is -1.06. The highest BCUT2D eigenvalue weighted by Gasteiger charge is 2.16. The van der Waals surface area contributed by atoms with Crippen molar-refractivity contribution in [2.75, 3.05) is 6.54 Å². The van der Waals surface area contributed by atoms with Crippen molar-refractivity contribution < 1.29 is 0 Å². The smallest absolute Gasteiger partial charge is 0.132 e. The van der Waals surface area contributed by atoms with Crippen molar-refractivity contribution in [3.63, 3.8) is 0 Å². The van der Waals surface area contributed by atoms with Gasteiger partial charge in [-0.25, -0.2) is 0 Å². The van der Waals surface area contributed by atoms with E-state index in [0.29, 0.717) is 11.2 Å². The van der Waals surface area contributed by atoms with Crippen molar-refractivity contribution in [3.8, 4) is 0 Å². The van der Waals surface area contributed by atoms with Gasteiger partial charge in [0.25, 0.3) is 0 Å². The van der Waals surface area contributed by atoms with E-state index >= 15 is 0 Å². The number of aromatic amines is 1. The lowest BCUT2D eigenvalue weighted by molar-refractivity contribution is 0.400. The second-order valence-electron chi connectivity index (χ2n) is 4.70. The van der Waals surface area contributed by atoms with Crippen LogP contribution in [-0.2, 0) is 6.42 Å². The highest BCUT2D eigenvalue weighted by atomic mass is 35.5. The van der Waals surface area contributed by atoms with Crippen LogP contribution in [0.1, 0.15) is 24.8 Å². The van der Waals surface area contributed by atoms with Crippen molar-refractivity contribution in [3.05, 3.63) is 28.9 Å². The molecule has 1 saturated heterocycles. The van der Waals surface area contributed by atoms with E-state index in [4.69, 9.17) is 11.6 Å². The maximum Gasteiger partial charge on any atom is 0.132 e. The van der Waals surface area contributed by atoms with E-state index in [1.54, 1.807) is 0 Å². The van der Waals surface area contributed by atoms with Gasteiger partial charge in [-0.2, -0.15) is 5.10 Å². The number of H-pyrrole nitrogens is 1. The zero-order valence-electron chi connectivity index (χ0n) is 9.67. The Bertz CT molecular complexity index is 514. The third kappa shape index (κ3) is 2.17. The molecule has 1 fully saturated rings. The maximum absolute atomic E-state index is 6.16. The largest absolute Gasteiger partial charge is 0.314 e. The predicted octanol–water partition coefficient (Wildman–Crippen LogP) is 2.90. The van der Waals surface area contributed by atoms with Crippen molar-refractivity contribution >= 4 is 22.5 Å².